The van der Waals surface area contributed by atoms with Gasteiger partial charge < -0.3 is 15.5 Å². The number of nitrogens with one attached hydrogen (secondary N) is 2. The molecule has 0 aliphatic rings. The summed E-state index contributed by atoms with van der Waals surface area (Å²) in [4.78, 5) is 22.4. The van der Waals surface area contributed by atoms with Gasteiger partial charge in [-0.2, -0.15) is 0 Å². The van der Waals surface area contributed by atoms with Crippen LogP contribution in [0.25, 0.3) is 0 Å². The molecular formula is C15H27N5O. The number of aromatic nitrogens is 2. The maximum atomic E-state index is 11.8. The van der Waals surface area contributed by atoms with Gasteiger partial charge >= 0.3 is 0 Å². The molecular weight excluding hydrogens is 266 g/mol. The lowest BCUT2D eigenvalue weighted by Crippen LogP contribution is -2.36. The zero-order chi connectivity index (χ0) is 15.8. The molecule has 118 valence electrons. The van der Waals surface area contributed by atoms with Gasteiger partial charge in [0.15, 0.2) is 0 Å². The van der Waals surface area contributed by atoms with E-state index in [2.05, 4.69) is 41.4 Å². The van der Waals surface area contributed by atoms with E-state index in [0.29, 0.717) is 6.54 Å². The average molecular weight is 293 g/mol. The summed E-state index contributed by atoms with van der Waals surface area (Å²) >= 11 is 0. The monoisotopic (exact) mass is 293 g/mol. The molecule has 0 aliphatic carbocycles. The Labute approximate surface area is 127 Å². The molecule has 0 bridgehead atoms. The van der Waals surface area contributed by atoms with Gasteiger partial charge in [0.2, 0.25) is 5.91 Å². The van der Waals surface area contributed by atoms with Crippen LogP contribution in [0.2, 0.25) is 0 Å². The van der Waals surface area contributed by atoms with E-state index in [1.807, 2.05) is 18.9 Å². The molecule has 1 aromatic rings. The zero-order valence-electron chi connectivity index (χ0n) is 13.7. The predicted molar refractivity (Wildman–Crippen MR) is 86.9 cm³/mol. The van der Waals surface area contributed by atoms with Gasteiger partial charge in [0.05, 0.1) is 6.54 Å². The molecule has 1 aromatic heterocycles. The number of nitrogens with zero attached hydrogens (tertiary/aromatic N) is 3. The number of likely N-dealkylation sites (N-methyl/N-ethyl adjacent to an activating group) is 2. The maximum Gasteiger partial charge on any atom is 0.239 e. The van der Waals surface area contributed by atoms with Crippen molar-refractivity contribution in [2.45, 2.75) is 40.0 Å². The molecule has 0 aromatic carbocycles. The number of hydrogen-bond acceptors (Lipinski definition) is 5. The molecule has 0 saturated carbocycles. The topological polar surface area (TPSA) is 70.2 Å². The first kappa shape index (κ1) is 17.2. The van der Waals surface area contributed by atoms with Gasteiger partial charge in [-0.3, -0.25) is 4.79 Å². The van der Waals surface area contributed by atoms with Crippen molar-refractivity contribution in [3.63, 3.8) is 0 Å². The first-order valence-corrected chi connectivity index (χ1v) is 7.57. The lowest BCUT2D eigenvalue weighted by Gasteiger charge is -2.24. The zero-order valence-corrected chi connectivity index (χ0v) is 13.7. The minimum atomic E-state index is -0.00335. The number of anilines is 2. The summed E-state index contributed by atoms with van der Waals surface area (Å²) in [7, 11) is 1.88. The van der Waals surface area contributed by atoms with E-state index in [-0.39, 0.29) is 18.4 Å². The molecule has 0 saturated heterocycles. The standard InChI is InChI=1S/C15H27N5O/c1-6-8-17-14-13(11(3)4)15(19-10-18-14)20(5)9-12(21)16-7-2/h10-11H,6-9H2,1-5H3,(H,16,21)(H,17,18,19). The first-order chi connectivity index (χ1) is 10.0. The molecule has 0 spiro atoms. The average Bonchev–Trinajstić information content (AvgIpc) is 2.44. The van der Waals surface area contributed by atoms with Crippen LogP contribution in [0.5, 0.6) is 0 Å². The second kappa shape index (κ2) is 8.44. The molecule has 0 unspecified atom stereocenters. The third kappa shape index (κ3) is 4.88. The third-order valence-electron chi connectivity index (χ3n) is 3.10. The van der Waals surface area contributed by atoms with Crippen molar-refractivity contribution in [1.82, 2.24) is 15.3 Å². The van der Waals surface area contributed by atoms with Crippen LogP contribution >= 0.6 is 0 Å². The van der Waals surface area contributed by atoms with Gasteiger partial charge in [0.25, 0.3) is 0 Å². The first-order valence-electron chi connectivity index (χ1n) is 7.57. The summed E-state index contributed by atoms with van der Waals surface area (Å²) < 4.78 is 0. The van der Waals surface area contributed by atoms with Gasteiger partial charge in [-0.1, -0.05) is 20.8 Å². The lowest BCUT2D eigenvalue weighted by atomic mass is 10.0. The molecule has 1 rings (SSSR count). The molecule has 0 aliphatic heterocycles. The highest BCUT2D eigenvalue weighted by atomic mass is 16.2. The Hall–Kier alpha value is -1.85. The van der Waals surface area contributed by atoms with E-state index in [1.54, 1.807) is 6.33 Å². The predicted octanol–water partition coefficient (Wildman–Crippen LogP) is 1.99. The highest BCUT2D eigenvalue weighted by Gasteiger charge is 2.18. The highest BCUT2D eigenvalue weighted by molar-refractivity contribution is 5.81. The number of rotatable bonds is 8. The summed E-state index contributed by atoms with van der Waals surface area (Å²) in [6.07, 6.45) is 2.58. The van der Waals surface area contributed by atoms with Gasteiger partial charge in [-0.05, 0) is 19.3 Å². The van der Waals surface area contributed by atoms with E-state index in [9.17, 15) is 4.79 Å². The molecule has 1 amide bonds. The van der Waals surface area contributed by atoms with Crippen LogP contribution in [0.4, 0.5) is 11.6 Å². The fourth-order valence-corrected chi connectivity index (χ4v) is 2.15. The van der Waals surface area contributed by atoms with Crippen molar-refractivity contribution in [2.24, 2.45) is 0 Å². The van der Waals surface area contributed by atoms with E-state index >= 15 is 0 Å². The second-order valence-electron chi connectivity index (χ2n) is 5.35. The third-order valence-corrected chi connectivity index (χ3v) is 3.10. The summed E-state index contributed by atoms with van der Waals surface area (Å²) in [5, 5.41) is 6.14. The van der Waals surface area contributed by atoms with Gasteiger partial charge in [-0.15, -0.1) is 0 Å². The van der Waals surface area contributed by atoms with Gasteiger partial charge in [-0.25, -0.2) is 9.97 Å². The van der Waals surface area contributed by atoms with E-state index in [1.165, 1.54) is 0 Å². The summed E-state index contributed by atoms with van der Waals surface area (Å²) in [5.74, 6) is 1.94. The molecule has 1 heterocycles. The van der Waals surface area contributed by atoms with Crippen LogP contribution in [0.1, 0.15) is 45.6 Å². The van der Waals surface area contributed by atoms with Crippen molar-refractivity contribution >= 4 is 17.5 Å². The Kier molecular flexibility index (Phi) is 6.91. The fourth-order valence-electron chi connectivity index (χ4n) is 2.15. The summed E-state index contributed by atoms with van der Waals surface area (Å²) in [6, 6.07) is 0. The Balaban J connectivity index is 3.01. The second-order valence-corrected chi connectivity index (χ2v) is 5.35. The summed E-state index contributed by atoms with van der Waals surface area (Å²) in [6.45, 7) is 10.0. The smallest absolute Gasteiger partial charge is 0.239 e. The van der Waals surface area contributed by atoms with Crippen LogP contribution < -0.4 is 15.5 Å². The van der Waals surface area contributed by atoms with Gasteiger partial charge in [0, 0.05) is 25.7 Å². The Morgan fingerprint density at radius 1 is 1.33 bits per heavy atom. The van der Waals surface area contributed by atoms with Crippen LogP contribution in [-0.4, -0.2) is 42.6 Å². The van der Waals surface area contributed by atoms with E-state index < -0.39 is 0 Å². The van der Waals surface area contributed by atoms with Crippen molar-refractivity contribution in [3.8, 4) is 0 Å². The molecule has 6 heteroatoms. The molecule has 0 fully saturated rings. The van der Waals surface area contributed by atoms with Crippen LogP contribution in [0.15, 0.2) is 6.33 Å². The lowest BCUT2D eigenvalue weighted by molar-refractivity contribution is -0.119. The van der Waals surface area contributed by atoms with E-state index in [4.69, 9.17) is 0 Å². The SMILES string of the molecule is CCCNc1ncnc(N(C)CC(=O)NCC)c1C(C)C. The minimum Gasteiger partial charge on any atom is -0.370 e. The Morgan fingerprint density at radius 3 is 2.62 bits per heavy atom. The van der Waals surface area contributed by atoms with Crippen molar-refractivity contribution < 1.29 is 4.79 Å². The van der Waals surface area contributed by atoms with E-state index in [0.717, 1.165) is 30.2 Å². The minimum absolute atomic E-state index is 0.00335. The van der Waals surface area contributed by atoms with Crippen LogP contribution in [0, 0.1) is 0 Å². The Bertz CT molecular complexity index is 461. The molecule has 0 radical (unpaired) electrons. The number of hydrogen-bond donors (Lipinski definition) is 2. The highest BCUT2D eigenvalue weighted by Crippen LogP contribution is 2.30. The Morgan fingerprint density at radius 2 is 2.05 bits per heavy atom. The normalized spacial score (nSPS) is 10.6. The molecule has 2 N–H and O–H groups in total. The number of carbonyl (C=O) groups is 1. The summed E-state index contributed by atoms with van der Waals surface area (Å²) in [5.41, 5.74) is 1.05. The maximum absolute atomic E-state index is 11.8. The largest absolute Gasteiger partial charge is 0.370 e. The van der Waals surface area contributed by atoms with Gasteiger partial charge in [0.1, 0.15) is 18.0 Å². The number of carbonyl (C=O) groups excluding carboxylic acids is 1. The van der Waals surface area contributed by atoms with Crippen LogP contribution in [0.3, 0.4) is 0 Å². The van der Waals surface area contributed by atoms with Crippen molar-refractivity contribution in [3.05, 3.63) is 11.9 Å². The van der Waals surface area contributed by atoms with Crippen molar-refractivity contribution in [1.29, 1.82) is 0 Å². The molecule has 0 atom stereocenters. The fraction of sp³-hybridized carbons (Fsp3) is 0.667. The van der Waals surface area contributed by atoms with Crippen LogP contribution in [-0.2, 0) is 4.79 Å². The number of amides is 1. The molecule has 21 heavy (non-hydrogen) atoms. The quantitative estimate of drug-likeness (QED) is 0.767. The molecule has 6 nitrogen and oxygen atoms in total. The van der Waals surface area contributed by atoms with Crippen molar-refractivity contribution in [2.75, 3.05) is 36.9 Å².